The van der Waals surface area contributed by atoms with Gasteiger partial charge in [0, 0.05) is 12.3 Å². The molecule has 9 atom stereocenters. The molecule has 0 aromatic carbocycles. The van der Waals surface area contributed by atoms with Crippen molar-refractivity contribution in [2.45, 2.75) is 132 Å². The average Bonchev–Trinajstić information content (AvgIpc) is 2.90. The Kier molecular flexibility index (Phi) is 5.96. The smallest absolute Gasteiger partial charge is 0.302 e. The fourth-order valence-corrected chi connectivity index (χ4v) is 11.3. The molecule has 0 aromatic rings. The number of aliphatic hydroxyl groups is 1. The van der Waals surface area contributed by atoms with Crippen LogP contribution in [0.5, 0.6) is 0 Å². The van der Waals surface area contributed by atoms with Gasteiger partial charge in [0.2, 0.25) is 0 Å². The standard InChI is InChI=1S/C32H52O3/c1-20(33)35-27-15-18-31(7)22-10-12-25-30(6,19-21(22)9-11-23(31)29(27,4)5)16-13-24-28(2,3)26(34)14-17-32(24,25)8/h9,22-27,34H,10-19H2,1-8H3/t22-,23+,24-,25+,26+,27+,30+,31-,32-/m1/s1. The van der Waals surface area contributed by atoms with E-state index in [2.05, 4.69) is 54.5 Å². The minimum Gasteiger partial charge on any atom is -0.462 e. The molecule has 0 unspecified atom stereocenters. The van der Waals surface area contributed by atoms with E-state index in [0.29, 0.717) is 28.6 Å². The van der Waals surface area contributed by atoms with Crippen molar-refractivity contribution in [2.75, 3.05) is 0 Å². The van der Waals surface area contributed by atoms with Gasteiger partial charge in [-0.3, -0.25) is 4.79 Å². The van der Waals surface area contributed by atoms with Crippen molar-refractivity contribution in [3.63, 3.8) is 0 Å². The van der Waals surface area contributed by atoms with E-state index in [0.717, 1.165) is 25.2 Å². The Morgan fingerprint density at radius 2 is 1.51 bits per heavy atom. The molecule has 4 saturated carbocycles. The molecular formula is C32H52O3. The fourth-order valence-electron chi connectivity index (χ4n) is 11.3. The number of fused-ring (bicyclic) bond motifs is 6. The first-order chi connectivity index (χ1) is 16.2. The molecule has 0 spiro atoms. The van der Waals surface area contributed by atoms with Crippen LogP contribution in [0.2, 0.25) is 0 Å². The first-order valence-electron chi connectivity index (χ1n) is 14.7. The number of aliphatic hydroxyl groups excluding tert-OH is 1. The van der Waals surface area contributed by atoms with Crippen LogP contribution in [0.3, 0.4) is 0 Å². The largest absolute Gasteiger partial charge is 0.462 e. The molecule has 0 saturated heterocycles. The molecule has 3 heteroatoms. The Morgan fingerprint density at radius 1 is 0.829 bits per heavy atom. The molecule has 5 aliphatic carbocycles. The van der Waals surface area contributed by atoms with E-state index in [1.165, 1.54) is 44.9 Å². The number of allylic oxidation sites excluding steroid dienone is 2. The number of carbonyl (C=O) groups is 1. The van der Waals surface area contributed by atoms with Gasteiger partial charge in [-0.25, -0.2) is 0 Å². The number of rotatable bonds is 1. The van der Waals surface area contributed by atoms with E-state index in [9.17, 15) is 9.90 Å². The van der Waals surface area contributed by atoms with Crippen LogP contribution in [-0.4, -0.2) is 23.3 Å². The SMILES string of the molecule is CC(=O)O[C@H]1CC[C@]2(C)[C@@H]3CC[C@H]4[C@@](C)(CC[C@@H]5C(C)(C)[C@@H](O)CC[C@]54C)CC3=CC[C@H]2C1(C)C. The molecule has 0 amide bonds. The molecule has 35 heavy (non-hydrogen) atoms. The van der Waals surface area contributed by atoms with Gasteiger partial charge in [-0.15, -0.1) is 0 Å². The van der Waals surface area contributed by atoms with Crippen LogP contribution in [0.4, 0.5) is 0 Å². The summed E-state index contributed by atoms with van der Waals surface area (Å²) in [5, 5.41) is 10.9. The topological polar surface area (TPSA) is 46.5 Å². The lowest BCUT2D eigenvalue weighted by molar-refractivity contribution is -0.172. The lowest BCUT2D eigenvalue weighted by Gasteiger charge is -2.63. The van der Waals surface area contributed by atoms with Crippen LogP contribution in [-0.2, 0) is 9.53 Å². The number of esters is 1. The third-order valence-corrected chi connectivity index (χ3v) is 13.1. The molecule has 0 aliphatic heterocycles. The Morgan fingerprint density at radius 3 is 2.20 bits per heavy atom. The van der Waals surface area contributed by atoms with Gasteiger partial charge in [-0.1, -0.05) is 60.1 Å². The maximum absolute atomic E-state index is 11.9. The summed E-state index contributed by atoms with van der Waals surface area (Å²) in [6.07, 6.45) is 14.4. The maximum Gasteiger partial charge on any atom is 0.302 e. The summed E-state index contributed by atoms with van der Waals surface area (Å²) in [6.45, 7) is 18.8. The molecule has 3 nitrogen and oxygen atoms in total. The molecule has 4 fully saturated rings. The second-order valence-electron chi connectivity index (χ2n) is 15.5. The monoisotopic (exact) mass is 484 g/mol. The van der Waals surface area contributed by atoms with Crippen molar-refractivity contribution in [2.24, 2.45) is 50.7 Å². The summed E-state index contributed by atoms with van der Waals surface area (Å²) in [7, 11) is 0. The van der Waals surface area contributed by atoms with Gasteiger partial charge in [0.1, 0.15) is 6.10 Å². The number of hydrogen-bond donors (Lipinski definition) is 1. The van der Waals surface area contributed by atoms with E-state index < -0.39 is 0 Å². The minimum atomic E-state index is -0.157. The summed E-state index contributed by atoms with van der Waals surface area (Å²) >= 11 is 0. The molecule has 0 aromatic heterocycles. The average molecular weight is 485 g/mol. The number of ether oxygens (including phenoxy) is 1. The Labute approximate surface area is 214 Å². The summed E-state index contributed by atoms with van der Waals surface area (Å²) in [4.78, 5) is 11.9. The highest BCUT2D eigenvalue weighted by Crippen LogP contribution is 2.70. The summed E-state index contributed by atoms with van der Waals surface area (Å²) in [6, 6.07) is 0. The second kappa shape index (κ2) is 8.08. The van der Waals surface area contributed by atoms with Crippen LogP contribution in [0.1, 0.15) is 120 Å². The third-order valence-electron chi connectivity index (χ3n) is 13.1. The zero-order valence-corrected chi connectivity index (χ0v) is 23.9. The predicted molar refractivity (Wildman–Crippen MR) is 142 cm³/mol. The lowest BCUT2D eigenvalue weighted by Crippen LogP contribution is -2.58. The van der Waals surface area contributed by atoms with Gasteiger partial charge in [-0.2, -0.15) is 0 Å². The number of carbonyl (C=O) groups excluding carboxylic acids is 1. The van der Waals surface area contributed by atoms with E-state index in [-0.39, 0.29) is 34.4 Å². The highest BCUT2D eigenvalue weighted by Gasteiger charge is 2.63. The first kappa shape index (κ1) is 25.8. The van der Waals surface area contributed by atoms with E-state index in [1.54, 1.807) is 12.5 Å². The van der Waals surface area contributed by atoms with Crippen molar-refractivity contribution >= 4 is 5.97 Å². The molecule has 0 heterocycles. The van der Waals surface area contributed by atoms with Crippen molar-refractivity contribution in [1.29, 1.82) is 0 Å². The Hall–Kier alpha value is -0.830. The predicted octanol–water partition coefficient (Wildman–Crippen LogP) is 7.71. The van der Waals surface area contributed by atoms with E-state index >= 15 is 0 Å². The second-order valence-corrected chi connectivity index (χ2v) is 15.5. The highest BCUT2D eigenvalue weighted by atomic mass is 16.5. The van der Waals surface area contributed by atoms with Crippen LogP contribution >= 0.6 is 0 Å². The Balaban J connectivity index is 1.47. The van der Waals surface area contributed by atoms with Gasteiger partial charge in [0.25, 0.3) is 0 Å². The molecule has 0 bridgehead atoms. The van der Waals surface area contributed by atoms with Crippen LogP contribution in [0.15, 0.2) is 11.6 Å². The van der Waals surface area contributed by atoms with Gasteiger partial charge in [-0.05, 0) is 110 Å². The van der Waals surface area contributed by atoms with Gasteiger partial charge >= 0.3 is 5.97 Å². The zero-order valence-electron chi connectivity index (χ0n) is 23.9. The van der Waals surface area contributed by atoms with Crippen LogP contribution in [0, 0.1) is 50.7 Å². The summed E-state index contributed by atoms with van der Waals surface area (Å²) in [5.74, 6) is 2.44. The quantitative estimate of drug-likeness (QED) is 0.306. The van der Waals surface area contributed by atoms with Gasteiger partial charge < -0.3 is 9.84 Å². The summed E-state index contributed by atoms with van der Waals surface area (Å²) in [5.41, 5.74) is 2.77. The molecule has 198 valence electrons. The van der Waals surface area contributed by atoms with Gasteiger partial charge in [0.15, 0.2) is 0 Å². The normalized spacial score (nSPS) is 50.4. The molecule has 1 N–H and O–H groups in total. The van der Waals surface area contributed by atoms with E-state index in [1.807, 2.05) is 0 Å². The molecule has 5 aliphatic rings. The molecule has 5 rings (SSSR count). The Bertz CT molecular complexity index is 900. The van der Waals surface area contributed by atoms with Crippen LogP contribution < -0.4 is 0 Å². The summed E-state index contributed by atoms with van der Waals surface area (Å²) < 4.78 is 5.87. The molecule has 0 radical (unpaired) electrons. The molecular weight excluding hydrogens is 432 g/mol. The first-order valence-corrected chi connectivity index (χ1v) is 14.7. The lowest BCUT2D eigenvalue weighted by atomic mass is 9.42. The van der Waals surface area contributed by atoms with Gasteiger partial charge in [0.05, 0.1) is 6.10 Å². The van der Waals surface area contributed by atoms with Crippen LogP contribution in [0.25, 0.3) is 0 Å². The zero-order chi connectivity index (χ0) is 25.6. The minimum absolute atomic E-state index is 0.00424. The maximum atomic E-state index is 11.9. The van der Waals surface area contributed by atoms with Crippen molar-refractivity contribution in [3.8, 4) is 0 Å². The van der Waals surface area contributed by atoms with E-state index in [4.69, 9.17) is 4.74 Å². The fraction of sp³-hybridized carbons (Fsp3) is 0.906. The van der Waals surface area contributed by atoms with Crippen molar-refractivity contribution in [3.05, 3.63) is 11.6 Å². The highest BCUT2D eigenvalue weighted by molar-refractivity contribution is 5.66. The van der Waals surface area contributed by atoms with Crippen molar-refractivity contribution < 1.29 is 14.6 Å². The third kappa shape index (κ3) is 3.63. The van der Waals surface area contributed by atoms with Crippen molar-refractivity contribution in [1.82, 2.24) is 0 Å². The number of hydrogen-bond acceptors (Lipinski definition) is 3.